The standard InChI is InChI=1S/C15H21BrN2O2/c1-20-14-9-10(16)7-8-11(14)15(19)18-13-6-4-2-3-5-12(13)17/h7-9,12-13H,2-6,17H2,1H3,(H,18,19). The van der Waals surface area contributed by atoms with Gasteiger partial charge in [0.25, 0.3) is 5.91 Å². The van der Waals surface area contributed by atoms with Crippen LogP contribution in [0.25, 0.3) is 0 Å². The molecule has 0 saturated heterocycles. The zero-order chi connectivity index (χ0) is 14.5. The molecule has 1 fully saturated rings. The van der Waals surface area contributed by atoms with Gasteiger partial charge in [-0.3, -0.25) is 4.79 Å². The maximum Gasteiger partial charge on any atom is 0.255 e. The number of hydrogen-bond acceptors (Lipinski definition) is 3. The predicted molar refractivity (Wildman–Crippen MR) is 83.0 cm³/mol. The summed E-state index contributed by atoms with van der Waals surface area (Å²) in [6, 6.07) is 5.49. The maximum absolute atomic E-state index is 12.4. The van der Waals surface area contributed by atoms with Crippen molar-refractivity contribution in [2.75, 3.05) is 7.11 Å². The molecule has 20 heavy (non-hydrogen) atoms. The zero-order valence-corrected chi connectivity index (χ0v) is 13.3. The number of carbonyl (C=O) groups excluding carboxylic acids is 1. The third kappa shape index (κ3) is 3.73. The van der Waals surface area contributed by atoms with E-state index in [9.17, 15) is 4.79 Å². The molecule has 0 spiro atoms. The van der Waals surface area contributed by atoms with Crippen LogP contribution in [0.15, 0.2) is 22.7 Å². The summed E-state index contributed by atoms with van der Waals surface area (Å²) in [6.07, 6.45) is 5.39. The second-order valence-electron chi connectivity index (χ2n) is 5.23. The van der Waals surface area contributed by atoms with Crippen molar-refractivity contribution in [3.8, 4) is 5.75 Å². The molecule has 110 valence electrons. The first-order valence-electron chi connectivity index (χ1n) is 7.02. The van der Waals surface area contributed by atoms with Gasteiger partial charge in [0.05, 0.1) is 12.7 Å². The summed E-state index contributed by atoms with van der Waals surface area (Å²) < 4.78 is 6.15. The highest BCUT2D eigenvalue weighted by molar-refractivity contribution is 9.10. The number of rotatable bonds is 3. The maximum atomic E-state index is 12.4. The largest absolute Gasteiger partial charge is 0.496 e. The molecule has 1 aliphatic carbocycles. The molecule has 1 aromatic carbocycles. The van der Waals surface area contributed by atoms with Crippen LogP contribution in [0.4, 0.5) is 0 Å². The monoisotopic (exact) mass is 340 g/mol. The SMILES string of the molecule is COc1cc(Br)ccc1C(=O)NC1CCCCCC1N. The topological polar surface area (TPSA) is 64.3 Å². The molecular formula is C15H21BrN2O2. The van der Waals surface area contributed by atoms with Crippen LogP contribution in [0.1, 0.15) is 42.5 Å². The highest BCUT2D eigenvalue weighted by atomic mass is 79.9. The molecule has 4 nitrogen and oxygen atoms in total. The second-order valence-corrected chi connectivity index (χ2v) is 6.14. The number of ether oxygens (including phenoxy) is 1. The molecule has 0 heterocycles. The minimum absolute atomic E-state index is 0.0443. The Labute approximate surface area is 128 Å². The zero-order valence-electron chi connectivity index (χ0n) is 11.7. The van der Waals surface area contributed by atoms with Gasteiger partial charge in [-0.25, -0.2) is 0 Å². The molecule has 3 N–H and O–H groups in total. The number of amides is 1. The molecule has 2 unspecified atom stereocenters. The van der Waals surface area contributed by atoms with E-state index in [1.165, 1.54) is 6.42 Å². The Bertz CT molecular complexity index is 479. The molecule has 1 amide bonds. The van der Waals surface area contributed by atoms with Crippen molar-refractivity contribution >= 4 is 21.8 Å². The minimum atomic E-state index is -0.114. The molecule has 2 atom stereocenters. The average molecular weight is 341 g/mol. The summed E-state index contributed by atoms with van der Waals surface area (Å²) in [5.41, 5.74) is 6.69. The molecule has 2 rings (SSSR count). The van der Waals surface area contributed by atoms with E-state index >= 15 is 0 Å². The number of benzene rings is 1. The van der Waals surface area contributed by atoms with Gasteiger partial charge in [0, 0.05) is 16.6 Å². The van der Waals surface area contributed by atoms with E-state index in [1.807, 2.05) is 6.07 Å². The lowest BCUT2D eigenvalue weighted by Gasteiger charge is -2.23. The van der Waals surface area contributed by atoms with Crippen molar-refractivity contribution in [1.82, 2.24) is 5.32 Å². The Morgan fingerprint density at radius 2 is 2.10 bits per heavy atom. The van der Waals surface area contributed by atoms with Crippen molar-refractivity contribution in [3.05, 3.63) is 28.2 Å². The van der Waals surface area contributed by atoms with Gasteiger partial charge in [-0.1, -0.05) is 35.2 Å². The van der Waals surface area contributed by atoms with Crippen LogP contribution < -0.4 is 15.8 Å². The highest BCUT2D eigenvalue weighted by Crippen LogP contribution is 2.24. The molecule has 1 saturated carbocycles. The second kappa shape index (κ2) is 7.09. The lowest BCUT2D eigenvalue weighted by molar-refractivity contribution is 0.0925. The van der Waals surface area contributed by atoms with Crippen molar-refractivity contribution in [1.29, 1.82) is 0 Å². The predicted octanol–water partition coefficient (Wildman–Crippen LogP) is 2.85. The third-order valence-corrected chi connectivity index (χ3v) is 4.29. The van der Waals surface area contributed by atoms with Crippen molar-refractivity contribution in [3.63, 3.8) is 0 Å². The van der Waals surface area contributed by atoms with Crippen LogP contribution in [0.3, 0.4) is 0 Å². The lowest BCUT2D eigenvalue weighted by Crippen LogP contribution is -2.47. The van der Waals surface area contributed by atoms with E-state index in [0.29, 0.717) is 11.3 Å². The molecule has 1 aliphatic rings. The Hall–Kier alpha value is -1.07. The first kappa shape index (κ1) is 15.3. The van der Waals surface area contributed by atoms with Crippen molar-refractivity contribution in [2.45, 2.75) is 44.2 Å². The first-order valence-corrected chi connectivity index (χ1v) is 7.81. The number of nitrogens with one attached hydrogen (secondary N) is 1. The van der Waals surface area contributed by atoms with E-state index in [2.05, 4.69) is 21.2 Å². The minimum Gasteiger partial charge on any atom is -0.496 e. The quantitative estimate of drug-likeness (QED) is 0.831. The molecule has 0 radical (unpaired) electrons. The van der Waals surface area contributed by atoms with Crippen molar-refractivity contribution < 1.29 is 9.53 Å². The molecule has 5 heteroatoms. The normalized spacial score (nSPS) is 22.9. The van der Waals surface area contributed by atoms with Crippen molar-refractivity contribution in [2.24, 2.45) is 5.73 Å². The van der Waals surface area contributed by atoms with E-state index in [4.69, 9.17) is 10.5 Å². The van der Waals surface area contributed by atoms with Gasteiger partial charge in [0.2, 0.25) is 0 Å². The van der Waals surface area contributed by atoms with Gasteiger partial charge >= 0.3 is 0 Å². The Balaban J connectivity index is 2.11. The molecular weight excluding hydrogens is 320 g/mol. The Morgan fingerprint density at radius 1 is 1.35 bits per heavy atom. The van der Waals surface area contributed by atoms with Gasteiger partial charge in [-0.15, -0.1) is 0 Å². The summed E-state index contributed by atoms with van der Waals surface area (Å²) in [5, 5.41) is 3.06. The summed E-state index contributed by atoms with van der Waals surface area (Å²) in [5.74, 6) is 0.454. The first-order chi connectivity index (χ1) is 9.61. The fourth-order valence-corrected chi connectivity index (χ4v) is 2.95. The van der Waals surface area contributed by atoms with E-state index in [-0.39, 0.29) is 18.0 Å². The van der Waals surface area contributed by atoms with Crippen LogP contribution in [-0.2, 0) is 0 Å². The number of hydrogen-bond donors (Lipinski definition) is 2. The van der Waals surface area contributed by atoms with Gasteiger partial charge in [0.15, 0.2) is 0 Å². The Kier molecular flexibility index (Phi) is 5.43. The third-order valence-electron chi connectivity index (χ3n) is 3.79. The molecule has 1 aromatic rings. The van der Waals surface area contributed by atoms with E-state index in [1.54, 1.807) is 19.2 Å². The van der Waals surface area contributed by atoms with Gasteiger partial charge in [0.1, 0.15) is 5.75 Å². The lowest BCUT2D eigenvalue weighted by atomic mass is 10.0. The molecule has 0 bridgehead atoms. The average Bonchev–Trinajstić information content (AvgIpc) is 2.64. The molecule has 0 aliphatic heterocycles. The summed E-state index contributed by atoms with van der Waals surface area (Å²) in [7, 11) is 1.57. The van der Waals surface area contributed by atoms with Crippen LogP contribution in [0.2, 0.25) is 0 Å². The van der Waals surface area contributed by atoms with Crippen LogP contribution in [0, 0.1) is 0 Å². The van der Waals surface area contributed by atoms with Crippen LogP contribution in [-0.4, -0.2) is 25.1 Å². The number of nitrogens with two attached hydrogens (primary N) is 1. The number of carbonyl (C=O) groups is 1. The van der Waals surface area contributed by atoms with Gasteiger partial charge in [-0.05, 0) is 31.0 Å². The number of halogens is 1. The van der Waals surface area contributed by atoms with Gasteiger partial charge in [-0.2, -0.15) is 0 Å². The smallest absolute Gasteiger partial charge is 0.255 e. The van der Waals surface area contributed by atoms with Crippen LogP contribution >= 0.6 is 15.9 Å². The summed E-state index contributed by atoms with van der Waals surface area (Å²) in [6.45, 7) is 0. The summed E-state index contributed by atoms with van der Waals surface area (Å²) >= 11 is 3.37. The fraction of sp³-hybridized carbons (Fsp3) is 0.533. The fourth-order valence-electron chi connectivity index (χ4n) is 2.61. The molecule has 0 aromatic heterocycles. The van der Waals surface area contributed by atoms with Crippen LogP contribution in [0.5, 0.6) is 5.75 Å². The summed E-state index contributed by atoms with van der Waals surface area (Å²) in [4.78, 5) is 12.4. The number of methoxy groups -OCH3 is 1. The highest BCUT2D eigenvalue weighted by Gasteiger charge is 2.23. The van der Waals surface area contributed by atoms with E-state index < -0.39 is 0 Å². The Morgan fingerprint density at radius 3 is 2.85 bits per heavy atom. The van der Waals surface area contributed by atoms with E-state index in [0.717, 1.165) is 30.2 Å². The van der Waals surface area contributed by atoms with Gasteiger partial charge < -0.3 is 15.8 Å².